The Labute approximate surface area is 183 Å². The van der Waals surface area contributed by atoms with Crippen molar-refractivity contribution in [3.8, 4) is 0 Å². The fraction of sp³-hybridized carbons (Fsp3) is 0.889. The number of carboxylic acids is 1. The van der Waals surface area contributed by atoms with E-state index in [0.717, 1.165) is 26.1 Å². The van der Waals surface area contributed by atoms with E-state index in [-0.39, 0.29) is 18.5 Å². The van der Waals surface area contributed by atoms with Gasteiger partial charge in [-0.25, -0.2) is 13.2 Å². The number of carbonyl (C=O) groups is 2. The highest BCUT2D eigenvalue weighted by molar-refractivity contribution is 7.89. The highest BCUT2D eigenvalue weighted by atomic mass is 32.2. The summed E-state index contributed by atoms with van der Waals surface area (Å²) in [4.78, 5) is 29.7. The van der Waals surface area contributed by atoms with Crippen molar-refractivity contribution < 1.29 is 28.0 Å². The summed E-state index contributed by atoms with van der Waals surface area (Å²) in [5.41, 5.74) is 0.422. The smallest absolute Gasteiger partial charge is 0.345 e. The number of carbonyl (C=O) groups excluding carboxylic acids is 1. The summed E-state index contributed by atoms with van der Waals surface area (Å²) >= 11 is 0. The van der Waals surface area contributed by atoms with Crippen molar-refractivity contribution in [1.29, 1.82) is 0 Å². The number of nitrogens with one attached hydrogen (secondary N) is 6. The lowest BCUT2D eigenvalue weighted by molar-refractivity contribution is -0.149. The van der Waals surface area contributed by atoms with E-state index in [9.17, 15) is 23.1 Å². The molecular formula is C18H36N6O6S. The second-order valence-electron chi connectivity index (χ2n) is 7.89. The molecule has 0 bridgehead atoms. The molecule has 2 aliphatic rings. The summed E-state index contributed by atoms with van der Waals surface area (Å²) in [5, 5.41) is 22.1. The van der Waals surface area contributed by atoms with Gasteiger partial charge in [0.25, 0.3) is 0 Å². The van der Waals surface area contributed by atoms with E-state index in [2.05, 4.69) is 31.5 Å². The third-order valence-electron chi connectivity index (χ3n) is 5.25. The van der Waals surface area contributed by atoms with Crippen molar-refractivity contribution in [3.05, 3.63) is 0 Å². The van der Waals surface area contributed by atoms with Crippen LogP contribution in [-0.4, -0.2) is 75.4 Å². The van der Waals surface area contributed by atoms with E-state index in [1.807, 2.05) is 6.92 Å². The predicted octanol–water partition coefficient (Wildman–Crippen LogP) is -1.48. The van der Waals surface area contributed by atoms with Crippen LogP contribution < -0.4 is 31.5 Å². The average Bonchev–Trinajstić information content (AvgIpc) is 3.42. The molecule has 0 aliphatic carbocycles. The third kappa shape index (κ3) is 8.60. The van der Waals surface area contributed by atoms with Crippen molar-refractivity contribution in [2.24, 2.45) is 0 Å². The number of hydrogen-bond acceptors (Lipinski definition) is 9. The summed E-state index contributed by atoms with van der Waals surface area (Å²) < 4.78 is 27.3. The topological polar surface area (TPSA) is 170 Å². The van der Waals surface area contributed by atoms with Crippen molar-refractivity contribution >= 4 is 21.9 Å². The van der Waals surface area contributed by atoms with Gasteiger partial charge >= 0.3 is 5.97 Å². The van der Waals surface area contributed by atoms with Crippen LogP contribution >= 0.6 is 0 Å². The number of hydrogen-bond donors (Lipinski definition) is 7. The van der Waals surface area contributed by atoms with Crippen LogP contribution in [0.1, 0.15) is 51.9 Å². The minimum atomic E-state index is -3.90. The molecule has 12 nitrogen and oxygen atoms in total. The molecule has 2 heterocycles. The quantitative estimate of drug-likeness (QED) is 0.112. The van der Waals surface area contributed by atoms with Gasteiger partial charge in [-0.3, -0.25) is 20.7 Å². The number of unbranched alkanes of at least 4 members (excludes halogenated alkanes) is 3. The summed E-state index contributed by atoms with van der Waals surface area (Å²) in [6, 6.07) is -0.727. The standard InChI is InChI=1S/C18H36N6O6S/c1-2-3-13-31(28,29)24-18(16(26)27,22-15(25)14-7-12-30-23-14)8-5-4-6-9-19-17-20-10-11-21-17/h14,17,19-21,23-24H,2-13H2,1H3,(H,22,25)(H,26,27). The first-order chi connectivity index (χ1) is 14.8. The van der Waals surface area contributed by atoms with Gasteiger partial charge in [-0.05, 0) is 38.6 Å². The molecule has 0 saturated carbocycles. The summed E-state index contributed by atoms with van der Waals surface area (Å²) in [5.74, 6) is -2.25. The first kappa shape index (κ1) is 25.9. The average molecular weight is 465 g/mol. The molecule has 2 aliphatic heterocycles. The molecule has 0 aromatic heterocycles. The molecule has 180 valence electrons. The molecule has 0 aromatic rings. The van der Waals surface area contributed by atoms with Crippen LogP contribution in [0.2, 0.25) is 0 Å². The molecule has 2 rings (SSSR count). The molecule has 2 unspecified atom stereocenters. The Morgan fingerprint density at radius 1 is 1.16 bits per heavy atom. The van der Waals surface area contributed by atoms with Crippen molar-refractivity contribution in [2.75, 3.05) is 32.0 Å². The van der Waals surface area contributed by atoms with Crippen LogP contribution in [0.3, 0.4) is 0 Å². The number of carboxylic acid groups (broad SMARTS) is 1. The maximum absolute atomic E-state index is 12.6. The van der Waals surface area contributed by atoms with Gasteiger partial charge in [0.05, 0.1) is 12.4 Å². The zero-order valence-electron chi connectivity index (χ0n) is 18.0. The van der Waals surface area contributed by atoms with E-state index in [4.69, 9.17) is 4.84 Å². The Morgan fingerprint density at radius 2 is 1.90 bits per heavy atom. The molecule has 2 saturated heterocycles. The van der Waals surface area contributed by atoms with Crippen molar-refractivity contribution in [1.82, 2.24) is 31.5 Å². The van der Waals surface area contributed by atoms with Crippen LogP contribution in [-0.2, 0) is 24.4 Å². The first-order valence-corrected chi connectivity index (χ1v) is 12.6. The lowest BCUT2D eigenvalue weighted by Gasteiger charge is -2.32. The SMILES string of the molecule is CCCCS(=O)(=O)NC(CCCCCNC1NCCN1)(NC(=O)C1CCON1)C(=O)O. The Morgan fingerprint density at radius 3 is 2.52 bits per heavy atom. The zero-order chi connectivity index (χ0) is 22.7. The molecule has 2 fully saturated rings. The third-order valence-corrected chi connectivity index (χ3v) is 6.73. The van der Waals surface area contributed by atoms with Crippen LogP contribution in [0.25, 0.3) is 0 Å². The van der Waals surface area contributed by atoms with E-state index in [0.29, 0.717) is 38.7 Å². The molecular weight excluding hydrogens is 428 g/mol. The maximum Gasteiger partial charge on any atom is 0.345 e. The minimum Gasteiger partial charge on any atom is -0.478 e. The maximum atomic E-state index is 12.6. The van der Waals surface area contributed by atoms with Gasteiger partial charge < -0.3 is 15.3 Å². The number of hydroxylamine groups is 1. The normalized spacial score (nSPS) is 21.8. The molecule has 2 atom stereocenters. The fourth-order valence-corrected chi connectivity index (χ4v) is 5.00. The number of sulfonamides is 1. The van der Waals surface area contributed by atoms with Gasteiger partial charge in [-0.1, -0.05) is 19.8 Å². The van der Waals surface area contributed by atoms with E-state index in [1.54, 1.807) is 0 Å². The molecule has 7 N–H and O–H groups in total. The Balaban J connectivity index is 1.97. The van der Waals surface area contributed by atoms with E-state index in [1.165, 1.54) is 0 Å². The number of rotatable bonds is 15. The summed E-state index contributed by atoms with van der Waals surface area (Å²) in [6.07, 6.45) is 3.30. The van der Waals surface area contributed by atoms with Crippen LogP contribution in [0.5, 0.6) is 0 Å². The molecule has 31 heavy (non-hydrogen) atoms. The zero-order valence-corrected chi connectivity index (χ0v) is 18.9. The van der Waals surface area contributed by atoms with Gasteiger partial charge in [0, 0.05) is 13.1 Å². The van der Waals surface area contributed by atoms with Gasteiger partial charge in [-0.15, -0.1) is 0 Å². The molecule has 13 heteroatoms. The first-order valence-electron chi connectivity index (χ1n) is 10.9. The van der Waals surface area contributed by atoms with Gasteiger partial charge in [-0.2, -0.15) is 10.2 Å². The van der Waals surface area contributed by atoms with Gasteiger partial charge in [0.2, 0.25) is 21.6 Å². The molecule has 0 radical (unpaired) electrons. The monoisotopic (exact) mass is 464 g/mol. The number of aliphatic carboxylic acids is 1. The van der Waals surface area contributed by atoms with Crippen LogP contribution in [0.15, 0.2) is 0 Å². The summed E-state index contributed by atoms with van der Waals surface area (Å²) in [7, 11) is -3.90. The highest BCUT2D eigenvalue weighted by Gasteiger charge is 2.44. The highest BCUT2D eigenvalue weighted by Crippen LogP contribution is 2.17. The molecule has 0 spiro atoms. The second kappa shape index (κ2) is 12.6. The molecule has 1 amide bonds. The minimum absolute atomic E-state index is 0.0626. The summed E-state index contributed by atoms with van der Waals surface area (Å²) in [6.45, 7) is 4.69. The van der Waals surface area contributed by atoms with E-state index >= 15 is 0 Å². The lowest BCUT2D eigenvalue weighted by Crippen LogP contribution is -2.67. The van der Waals surface area contributed by atoms with Crippen LogP contribution in [0, 0.1) is 0 Å². The van der Waals surface area contributed by atoms with Crippen molar-refractivity contribution in [3.63, 3.8) is 0 Å². The second-order valence-corrected chi connectivity index (χ2v) is 9.73. The fourth-order valence-electron chi connectivity index (χ4n) is 3.46. The van der Waals surface area contributed by atoms with E-state index < -0.39 is 33.6 Å². The Bertz CT molecular complexity index is 681. The van der Waals surface area contributed by atoms with Crippen molar-refractivity contribution in [2.45, 2.75) is 69.9 Å². The van der Waals surface area contributed by atoms with Gasteiger partial charge in [0.15, 0.2) is 0 Å². The van der Waals surface area contributed by atoms with Crippen LogP contribution in [0.4, 0.5) is 0 Å². The Kier molecular flexibility index (Phi) is 10.6. The lowest BCUT2D eigenvalue weighted by atomic mass is 10.0. The van der Waals surface area contributed by atoms with Gasteiger partial charge in [0.1, 0.15) is 12.3 Å². The largest absolute Gasteiger partial charge is 0.478 e. The number of amides is 1. The Hall–Kier alpha value is -1.35. The predicted molar refractivity (Wildman–Crippen MR) is 114 cm³/mol. The molecule has 0 aromatic carbocycles.